The van der Waals surface area contributed by atoms with E-state index >= 15 is 0 Å². The van der Waals surface area contributed by atoms with Crippen molar-refractivity contribution in [1.82, 2.24) is 0 Å². The molecule has 0 aromatic carbocycles. The van der Waals surface area contributed by atoms with Gasteiger partial charge >= 0.3 is 0 Å². The summed E-state index contributed by atoms with van der Waals surface area (Å²) in [4.78, 5) is 0. The van der Waals surface area contributed by atoms with E-state index in [1.807, 2.05) is 0 Å². The van der Waals surface area contributed by atoms with Gasteiger partial charge < -0.3 is 78.7 Å². The standard InChI is InChI=1S/C44H70O16/c1-19-8-13-44(53-18-19)20(2)30-27(60-44)15-26-24-7-6-22-14-23(9-11-42(22,4)25(24)10-12-43(26,30)5)55-41-38(59-39-35(51)33(49)31(47)21(3)54-39)36(52)37(29(17-46)57-41)58-40-34(50)32(48)28(16-45)56-40/h6,19-21,23-41,45-52H,7-18H2,1-5H3/t19-,20+,21+,23+,24-,25+,26+,27+,28+,29-,30+,31+,32+,33-,34-,35-,36+,37-,38-,39+,40+,41+,42+,43+,44-/m1/s1. The Balaban J connectivity index is 0.913. The van der Waals surface area contributed by atoms with Gasteiger partial charge in [-0.15, -0.1) is 0 Å². The van der Waals surface area contributed by atoms with Crippen molar-refractivity contribution >= 4 is 0 Å². The predicted octanol–water partition coefficient (Wildman–Crippen LogP) is 0.853. The van der Waals surface area contributed by atoms with Crippen molar-refractivity contribution in [3.05, 3.63) is 11.6 Å². The Morgan fingerprint density at radius 1 is 0.700 bits per heavy atom. The first kappa shape index (κ1) is 44.3. The van der Waals surface area contributed by atoms with E-state index in [0.717, 1.165) is 45.1 Å². The zero-order chi connectivity index (χ0) is 42.6. The second-order valence-electron chi connectivity index (χ2n) is 20.6. The Morgan fingerprint density at radius 2 is 1.40 bits per heavy atom. The highest BCUT2D eigenvalue weighted by Gasteiger charge is 2.69. The minimum Gasteiger partial charge on any atom is -0.394 e. The molecule has 0 radical (unpaired) electrons. The molecule has 16 heteroatoms. The molecule has 0 aromatic rings. The minimum absolute atomic E-state index is 0.0141. The van der Waals surface area contributed by atoms with Crippen LogP contribution in [0.15, 0.2) is 11.6 Å². The highest BCUT2D eigenvalue weighted by molar-refractivity contribution is 5.26. The molecule has 5 saturated heterocycles. The summed E-state index contributed by atoms with van der Waals surface area (Å²) < 4.78 is 49.9. The molecule has 60 heavy (non-hydrogen) atoms. The van der Waals surface area contributed by atoms with Crippen LogP contribution < -0.4 is 0 Å². The van der Waals surface area contributed by atoms with Gasteiger partial charge in [-0.25, -0.2) is 0 Å². The Bertz CT molecular complexity index is 1560. The van der Waals surface area contributed by atoms with E-state index in [1.165, 1.54) is 18.9 Å². The van der Waals surface area contributed by atoms with E-state index < -0.39 is 105 Å². The average molecular weight is 855 g/mol. The molecular weight excluding hydrogens is 784 g/mol. The number of rotatable bonds is 8. The summed E-state index contributed by atoms with van der Waals surface area (Å²) in [5, 5.41) is 84.8. The fraction of sp³-hybridized carbons (Fsp3) is 0.955. The lowest BCUT2D eigenvalue weighted by atomic mass is 9.47. The maximum absolute atomic E-state index is 11.9. The SMILES string of the molecule is C[C@@H]1CC[C@@]2(OC1)O[C@H]1C[C@H]3[C@@H]4CC=C5C[C@@H](O[C@H]6O[C@H](CO)[C@@H](O[C@@H]7O[C@@H](CO)[C@H](O)[C@H]7O)[C@H](O)[C@H]6O[C@@H]6O[C@@H](C)[C@H](O)[C@@H](O)[C@H]6O)CC[C@]5(C)[C@H]4CC[C@]3(C)[C@H]1[C@@H]2C. The van der Waals surface area contributed by atoms with Crippen LogP contribution in [0, 0.1) is 46.3 Å². The maximum atomic E-state index is 11.9. The number of hydrogen-bond acceptors (Lipinski definition) is 16. The maximum Gasteiger partial charge on any atom is 0.187 e. The molecule has 5 heterocycles. The van der Waals surface area contributed by atoms with Crippen LogP contribution in [-0.4, -0.2) is 165 Å². The third-order valence-electron chi connectivity index (χ3n) is 17.3. The van der Waals surface area contributed by atoms with E-state index in [-0.39, 0.29) is 23.0 Å². The van der Waals surface area contributed by atoms with Gasteiger partial charge in [0.2, 0.25) is 0 Å². The third kappa shape index (κ3) is 7.10. The van der Waals surface area contributed by atoms with Crippen molar-refractivity contribution < 1.29 is 78.7 Å². The van der Waals surface area contributed by atoms with Crippen molar-refractivity contribution in [2.24, 2.45) is 46.3 Å². The van der Waals surface area contributed by atoms with Gasteiger partial charge in [0.1, 0.15) is 61.0 Å². The van der Waals surface area contributed by atoms with Gasteiger partial charge in [0, 0.05) is 12.3 Å². The van der Waals surface area contributed by atoms with Crippen LogP contribution in [0.4, 0.5) is 0 Å². The predicted molar refractivity (Wildman–Crippen MR) is 208 cm³/mol. The zero-order valence-electron chi connectivity index (χ0n) is 35.6. The number of aliphatic hydroxyl groups excluding tert-OH is 8. The zero-order valence-corrected chi connectivity index (χ0v) is 35.6. The van der Waals surface area contributed by atoms with Crippen molar-refractivity contribution in [2.75, 3.05) is 19.8 Å². The van der Waals surface area contributed by atoms with E-state index in [4.69, 9.17) is 37.9 Å². The molecule has 8 N–H and O–H groups in total. The lowest BCUT2D eigenvalue weighted by molar-refractivity contribution is -0.380. The van der Waals surface area contributed by atoms with Crippen LogP contribution in [0.1, 0.15) is 92.4 Å². The fourth-order valence-corrected chi connectivity index (χ4v) is 13.8. The number of fused-ring (bicyclic) bond motifs is 7. The second-order valence-corrected chi connectivity index (χ2v) is 20.6. The van der Waals surface area contributed by atoms with Crippen molar-refractivity contribution in [3.63, 3.8) is 0 Å². The van der Waals surface area contributed by atoms with Crippen LogP contribution in [0.3, 0.4) is 0 Å². The summed E-state index contributed by atoms with van der Waals surface area (Å²) in [7, 11) is 0. The topological polar surface area (TPSA) is 236 Å². The van der Waals surface area contributed by atoms with Crippen LogP contribution >= 0.6 is 0 Å². The summed E-state index contributed by atoms with van der Waals surface area (Å²) in [6.07, 6.45) is -8.79. The molecule has 9 aliphatic rings. The average Bonchev–Trinajstić information content (AvgIpc) is 3.79. The van der Waals surface area contributed by atoms with Crippen LogP contribution in [0.25, 0.3) is 0 Å². The first-order valence-electron chi connectivity index (χ1n) is 22.8. The first-order valence-corrected chi connectivity index (χ1v) is 22.8. The quantitative estimate of drug-likeness (QED) is 0.158. The Hall–Kier alpha value is -0.900. The molecule has 9 rings (SSSR count). The van der Waals surface area contributed by atoms with Gasteiger partial charge in [-0.1, -0.05) is 39.3 Å². The summed E-state index contributed by atoms with van der Waals surface area (Å²) in [6, 6.07) is 0. The molecule has 0 aromatic heterocycles. The summed E-state index contributed by atoms with van der Waals surface area (Å²) in [5.74, 6) is 2.65. The Morgan fingerprint density at radius 3 is 2.10 bits per heavy atom. The molecule has 0 bridgehead atoms. The first-order chi connectivity index (χ1) is 28.5. The molecule has 4 aliphatic carbocycles. The lowest BCUT2D eigenvalue weighted by Crippen LogP contribution is -2.65. The number of hydrogen-bond donors (Lipinski definition) is 8. The van der Waals surface area contributed by atoms with Crippen LogP contribution in [-0.2, 0) is 37.9 Å². The molecule has 3 saturated carbocycles. The van der Waals surface area contributed by atoms with Gasteiger partial charge in [0.05, 0.1) is 38.1 Å². The monoisotopic (exact) mass is 854 g/mol. The summed E-state index contributed by atoms with van der Waals surface area (Å²) in [5.41, 5.74) is 1.54. The number of allylic oxidation sites excluding steroid dienone is 1. The van der Waals surface area contributed by atoms with Gasteiger partial charge in [0.25, 0.3) is 0 Å². The van der Waals surface area contributed by atoms with E-state index in [1.54, 1.807) is 0 Å². The molecule has 5 aliphatic heterocycles. The number of ether oxygens (including phenoxy) is 8. The fourth-order valence-electron chi connectivity index (χ4n) is 13.8. The molecule has 8 fully saturated rings. The molecule has 0 amide bonds. The third-order valence-corrected chi connectivity index (χ3v) is 17.3. The van der Waals surface area contributed by atoms with Crippen molar-refractivity contribution in [1.29, 1.82) is 0 Å². The molecule has 342 valence electrons. The summed E-state index contributed by atoms with van der Waals surface area (Å²) in [6.45, 7) is 10.7. The van der Waals surface area contributed by atoms with Gasteiger partial charge in [-0.3, -0.25) is 0 Å². The minimum atomic E-state index is -1.70. The normalized spacial score (nSPS) is 57.7. The molecule has 1 spiro atoms. The largest absolute Gasteiger partial charge is 0.394 e. The Labute approximate surface area is 352 Å². The van der Waals surface area contributed by atoms with Gasteiger partial charge in [-0.2, -0.15) is 0 Å². The van der Waals surface area contributed by atoms with Crippen LogP contribution in [0.2, 0.25) is 0 Å². The van der Waals surface area contributed by atoms with Gasteiger partial charge in [-0.05, 0) is 98.7 Å². The summed E-state index contributed by atoms with van der Waals surface area (Å²) >= 11 is 0. The van der Waals surface area contributed by atoms with E-state index in [0.29, 0.717) is 48.3 Å². The van der Waals surface area contributed by atoms with Crippen molar-refractivity contribution in [2.45, 2.75) is 196 Å². The molecule has 25 atom stereocenters. The lowest BCUT2D eigenvalue weighted by Gasteiger charge is -2.58. The molecular formula is C44H70O16. The molecule has 16 nitrogen and oxygen atoms in total. The number of aliphatic hydroxyl groups is 8. The van der Waals surface area contributed by atoms with E-state index in [9.17, 15) is 40.9 Å². The van der Waals surface area contributed by atoms with Crippen molar-refractivity contribution in [3.8, 4) is 0 Å². The smallest absolute Gasteiger partial charge is 0.187 e. The van der Waals surface area contributed by atoms with Gasteiger partial charge in [0.15, 0.2) is 24.7 Å². The highest BCUT2D eigenvalue weighted by Crippen LogP contribution is 2.70. The second kappa shape index (κ2) is 16.5. The Kier molecular flexibility index (Phi) is 12.2. The van der Waals surface area contributed by atoms with E-state index in [2.05, 4.69) is 33.8 Å². The molecule has 0 unspecified atom stereocenters. The van der Waals surface area contributed by atoms with Crippen LogP contribution in [0.5, 0.6) is 0 Å². The highest BCUT2D eigenvalue weighted by atomic mass is 16.8.